The number of piperidine rings is 1. The zero-order valence-electron chi connectivity index (χ0n) is 11.3. The van der Waals surface area contributed by atoms with Gasteiger partial charge in [-0.1, -0.05) is 6.07 Å². The number of benzene rings is 1. The maximum absolute atomic E-state index is 13.0. The summed E-state index contributed by atoms with van der Waals surface area (Å²) in [7, 11) is 1.34. The highest BCUT2D eigenvalue weighted by Gasteiger charge is 2.27. The number of halogens is 1. The lowest BCUT2D eigenvalue weighted by molar-refractivity contribution is -0.121. The van der Waals surface area contributed by atoms with Crippen LogP contribution in [0.5, 0.6) is 0 Å². The van der Waals surface area contributed by atoms with Crippen molar-refractivity contribution < 1.29 is 18.7 Å². The Kier molecular flexibility index (Phi) is 4.55. The van der Waals surface area contributed by atoms with Crippen LogP contribution in [0.4, 0.5) is 14.9 Å². The second kappa shape index (κ2) is 6.36. The molecule has 20 heavy (non-hydrogen) atoms. The molecule has 1 aromatic carbocycles. The number of carbonyl (C=O) groups excluding carboxylic acids is 2. The standard InChI is InChI=1S/C14H17FN2O3/c1-20-14(19)17-7-5-10(6-8-17)13(18)16-12-4-2-3-11(15)9-12/h2-4,9-10H,5-8H2,1H3,(H,16,18). The number of hydrogen-bond donors (Lipinski definition) is 1. The van der Waals surface area contributed by atoms with E-state index in [9.17, 15) is 14.0 Å². The van der Waals surface area contributed by atoms with Crippen LogP contribution in [0.15, 0.2) is 24.3 Å². The molecule has 0 bridgehead atoms. The van der Waals surface area contributed by atoms with Crippen molar-refractivity contribution >= 4 is 17.7 Å². The Morgan fingerprint density at radius 3 is 2.65 bits per heavy atom. The third-order valence-corrected chi connectivity index (χ3v) is 3.39. The third kappa shape index (κ3) is 3.46. The minimum absolute atomic E-state index is 0.139. The van der Waals surface area contributed by atoms with Crippen molar-refractivity contribution in [2.75, 3.05) is 25.5 Å². The molecule has 0 aliphatic carbocycles. The van der Waals surface area contributed by atoms with Crippen LogP contribution in [0.25, 0.3) is 0 Å². The van der Waals surface area contributed by atoms with Crippen LogP contribution in [0.1, 0.15) is 12.8 Å². The normalized spacial score (nSPS) is 15.8. The molecule has 1 N–H and O–H groups in total. The third-order valence-electron chi connectivity index (χ3n) is 3.39. The number of hydrogen-bond acceptors (Lipinski definition) is 3. The Labute approximate surface area is 116 Å². The topological polar surface area (TPSA) is 58.6 Å². The van der Waals surface area contributed by atoms with Crippen molar-refractivity contribution in [1.82, 2.24) is 4.90 Å². The summed E-state index contributed by atoms with van der Waals surface area (Å²) in [4.78, 5) is 25.0. The van der Waals surface area contributed by atoms with Crippen LogP contribution < -0.4 is 5.32 Å². The van der Waals surface area contributed by atoms with Gasteiger partial charge in [-0.15, -0.1) is 0 Å². The highest BCUT2D eigenvalue weighted by molar-refractivity contribution is 5.92. The molecule has 108 valence electrons. The van der Waals surface area contributed by atoms with Gasteiger partial charge >= 0.3 is 6.09 Å². The number of anilines is 1. The molecule has 1 saturated heterocycles. The first-order valence-electron chi connectivity index (χ1n) is 6.49. The van der Waals surface area contributed by atoms with Gasteiger partial charge in [-0.3, -0.25) is 4.79 Å². The maximum atomic E-state index is 13.0. The molecule has 1 heterocycles. The Balaban J connectivity index is 1.87. The zero-order valence-corrected chi connectivity index (χ0v) is 11.3. The Morgan fingerprint density at radius 2 is 2.05 bits per heavy atom. The Bertz CT molecular complexity index is 499. The van der Waals surface area contributed by atoms with E-state index in [1.54, 1.807) is 17.0 Å². The van der Waals surface area contributed by atoms with Gasteiger partial charge in [0.2, 0.25) is 5.91 Å². The Hall–Kier alpha value is -2.11. The minimum atomic E-state index is -0.386. The van der Waals surface area contributed by atoms with Gasteiger partial charge in [0.25, 0.3) is 0 Å². The molecule has 0 saturated carbocycles. The molecular weight excluding hydrogens is 263 g/mol. The van der Waals surface area contributed by atoms with Crippen molar-refractivity contribution in [3.05, 3.63) is 30.1 Å². The second-order valence-electron chi connectivity index (χ2n) is 4.73. The van der Waals surface area contributed by atoms with E-state index in [-0.39, 0.29) is 23.7 Å². The molecule has 0 spiro atoms. The molecule has 2 amide bonds. The molecule has 1 aliphatic rings. The summed E-state index contributed by atoms with van der Waals surface area (Å²) in [5, 5.41) is 2.70. The van der Waals surface area contributed by atoms with Crippen LogP contribution >= 0.6 is 0 Å². The fourth-order valence-corrected chi connectivity index (χ4v) is 2.26. The molecule has 2 rings (SSSR count). The monoisotopic (exact) mass is 280 g/mol. The van der Waals surface area contributed by atoms with Gasteiger partial charge in [-0.25, -0.2) is 9.18 Å². The SMILES string of the molecule is COC(=O)N1CCC(C(=O)Nc2cccc(F)c2)CC1. The number of methoxy groups -OCH3 is 1. The summed E-state index contributed by atoms with van der Waals surface area (Å²) in [6.45, 7) is 0.988. The molecule has 1 aromatic rings. The van der Waals surface area contributed by atoms with Crippen LogP contribution in [0, 0.1) is 11.7 Å². The fourth-order valence-electron chi connectivity index (χ4n) is 2.26. The number of ether oxygens (including phenoxy) is 1. The summed E-state index contributed by atoms with van der Waals surface area (Å²) in [6.07, 6.45) is 0.793. The van der Waals surface area contributed by atoms with E-state index in [0.717, 1.165) is 0 Å². The summed E-state index contributed by atoms with van der Waals surface area (Å²) in [5.41, 5.74) is 0.449. The van der Waals surface area contributed by atoms with Crippen LogP contribution in [0.2, 0.25) is 0 Å². The summed E-state index contributed by atoms with van der Waals surface area (Å²) >= 11 is 0. The molecule has 0 radical (unpaired) electrons. The number of likely N-dealkylation sites (tertiary alicyclic amines) is 1. The van der Waals surface area contributed by atoms with E-state index in [2.05, 4.69) is 10.1 Å². The van der Waals surface area contributed by atoms with Gasteiger partial charge in [-0.05, 0) is 31.0 Å². The summed E-state index contributed by atoms with van der Waals surface area (Å²) in [5.74, 6) is -0.692. The molecule has 5 nitrogen and oxygen atoms in total. The molecule has 0 unspecified atom stereocenters. The molecule has 0 atom stereocenters. The first-order chi connectivity index (χ1) is 9.60. The van der Waals surface area contributed by atoms with Crippen LogP contribution in [0.3, 0.4) is 0 Å². The summed E-state index contributed by atoms with van der Waals surface area (Å²) in [6, 6.07) is 5.79. The average molecular weight is 280 g/mol. The van der Waals surface area contributed by atoms with Crippen molar-refractivity contribution in [2.24, 2.45) is 5.92 Å². The van der Waals surface area contributed by atoms with Gasteiger partial charge < -0.3 is 15.0 Å². The maximum Gasteiger partial charge on any atom is 0.409 e. The van der Waals surface area contributed by atoms with Gasteiger partial charge in [0.15, 0.2) is 0 Å². The van der Waals surface area contributed by atoms with Gasteiger partial charge in [0.1, 0.15) is 5.82 Å². The largest absolute Gasteiger partial charge is 0.453 e. The number of rotatable bonds is 2. The van der Waals surface area contributed by atoms with E-state index >= 15 is 0 Å². The number of nitrogens with one attached hydrogen (secondary N) is 1. The van der Waals surface area contributed by atoms with E-state index in [4.69, 9.17) is 0 Å². The van der Waals surface area contributed by atoms with Gasteiger partial charge in [0, 0.05) is 24.7 Å². The predicted octanol–water partition coefficient (Wildman–Crippen LogP) is 2.24. The fraction of sp³-hybridized carbons (Fsp3) is 0.429. The number of amides is 2. The molecule has 6 heteroatoms. The predicted molar refractivity (Wildman–Crippen MR) is 71.7 cm³/mol. The highest BCUT2D eigenvalue weighted by atomic mass is 19.1. The Morgan fingerprint density at radius 1 is 1.35 bits per heavy atom. The van der Waals surface area contributed by atoms with E-state index in [1.165, 1.54) is 19.2 Å². The highest BCUT2D eigenvalue weighted by Crippen LogP contribution is 2.20. The second-order valence-corrected chi connectivity index (χ2v) is 4.73. The van der Waals surface area contributed by atoms with E-state index in [1.807, 2.05) is 0 Å². The lowest BCUT2D eigenvalue weighted by atomic mass is 9.96. The lowest BCUT2D eigenvalue weighted by Gasteiger charge is -2.30. The average Bonchev–Trinajstić information content (AvgIpc) is 2.46. The molecule has 1 aliphatic heterocycles. The lowest BCUT2D eigenvalue weighted by Crippen LogP contribution is -2.41. The van der Waals surface area contributed by atoms with Crippen LogP contribution in [-0.4, -0.2) is 37.1 Å². The van der Waals surface area contributed by atoms with Crippen molar-refractivity contribution in [2.45, 2.75) is 12.8 Å². The first kappa shape index (κ1) is 14.3. The van der Waals surface area contributed by atoms with Crippen molar-refractivity contribution in [3.8, 4) is 0 Å². The van der Waals surface area contributed by atoms with Crippen molar-refractivity contribution in [1.29, 1.82) is 0 Å². The quantitative estimate of drug-likeness (QED) is 0.904. The number of carbonyl (C=O) groups is 2. The zero-order chi connectivity index (χ0) is 14.5. The van der Waals surface area contributed by atoms with Crippen LogP contribution in [-0.2, 0) is 9.53 Å². The summed E-state index contributed by atoms with van der Waals surface area (Å²) < 4.78 is 17.7. The molecule has 0 aromatic heterocycles. The van der Waals surface area contributed by atoms with Gasteiger partial charge in [-0.2, -0.15) is 0 Å². The smallest absolute Gasteiger partial charge is 0.409 e. The minimum Gasteiger partial charge on any atom is -0.453 e. The van der Waals surface area contributed by atoms with Gasteiger partial charge in [0.05, 0.1) is 7.11 Å². The number of nitrogens with zero attached hydrogens (tertiary/aromatic N) is 1. The van der Waals surface area contributed by atoms with E-state index in [0.29, 0.717) is 31.6 Å². The molecular formula is C14H17FN2O3. The van der Waals surface area contributed by atoms with E-state index < -0.39 is 0 Å². The first-order valence-corrected chi connectivity index (χ1v) is 6.49. The van der Waals surface area contributed by atoms with Crippen molar-refractivity contribution in [3.63, 3.8) is 0 Å². The molecule has 1 fully saturated rings.